The second-order valence-electron chi connectivity index (χ2n) is 9.62. The zero-order valence-electron chi connectivity index (χ0n) is 20.7. The summed E-state index contributed by atoms with van der Waals surface area (Å²) in [7, 11) is 0. The van der Waals surface area contributed by atoms with Crippen molar-refractivity contribution in [2.75, 3.05) is 6.61 Å². The summed E-state index contributed by atoms with van der Waals surface area (Å²) < 4.78 is 5.81. The van der Waals surface area contributed by atoms with E-state index in [1.165, 1.54) is 5.56 Å². The molecule has 1 heterocycles. The fourth-order valence-corrected chi connectivity index (χ4v) is 4.48. The normalized spacial score (nSPS) is 18.3. The molecule has 1 aromatic heterocycles. The van der Waals surface area contributed by atoms with E-state index < -0.39 is 6.04 Å². The number of nitrogens with one attached hydrogen (secondary N) is 2. The summed E-state index contributed by atoms with van der Waals surface area (Å²) in [6, 6.07) is 12.5. The van der Waals surface area contributed by atoms with Gasteiger partial charge in [-0.05, 0) is 80.0 Å². The molecule has 1 aromatic carbocycles. The summed E-state index contributed by atoms with van der Waals surface area (Å²) in [6.45, 7) is 4.64. The van der Waals surface area contributed by atoms with E-state index in [9.17, 15) is 14.9 Å². The molecule has 2 N–H and O–H groups in total. The molecular formula is C28H36N4O3. The van der Waals surface area contributed by atoms with Gasteiger partial charge in [-0.3, -0.25) is 14.6 Å². The lowest BCUT2D eigenvalue weighted by Crippen LogP contribution is -2.50. The van der Waals surface area contributed by atoms with Crippen LogP contribution in [0.15, 0.2) is 48.8 Å². The molecule has 1 saturated carbocycles. The number of nitrogens with zero attached hydrogens (tertiary/aromatic N) is 2. The molecule has 1 aliphatic carbocycles. The molecule has 1 aliphatic rings. The highest BCUT2D eigenvalue weighted by molar-refractivity contribution is 5.95. The predicted molar refractivity (Wildman–Crippen MR) is 135 cm³/mol. The maximum absolute atomic E-state index is 12.9. The number of pyridine rings is 1. The number of carbonyl (C=O) groups excluding carboxylic acids is 2. The first kappa shape index (κ1) is 26.2. The quantitative estimate of drug-likeness (QED) is 0.467. The minimum absolute atomic E-state index is 0.141. The molecule has 7 nitrogen and oxygen atoms in total. The summed E-state index contributed by atoms with van der Waals surface area (Å²) in [5.74, 6) is 0.378. The van der Waals surface area contributed by atoms with Gasteiger partial charge < -0.3 is 15.4 Å². The number of aromatic nitrogens is 1. The number of rotatable bonds is 11. The van der Waals surface area contributed by atoms with E-state index in [1.54, 1.807) is 36.7 Å². The van der Waals surface area contributed by atoms with Crippen LogP contribution < -0.4 is 15.4 Å². The molecule has 3 atom stereocenters. The highest BCUT2D eigenvalue weighted by Gasteiger charge is 2.33. The molecule has 0 aliphatic heterocycles. The largest absolute Gasteiger partial charge is 0.494 e. The van der Waals surface area contributed by atoms with Crippen LogP contribution in [0.5, 0.6) is 5.75 Å². The van der Waals surface area contributed by atoms with Gasteiger partial charge in [-0.2, -0.15) is 5.26 Å². The third kappa shape index (κ3) is 8.40. The van der Waals surface area contributed by atoms with Crippen molar-refractivity contribution in [3.8, 4) is 11.8 Å². The Kier molecular flexibility index (Phi) is 10.1. The molecule has 186 valence electrons. The molecular weight excluding hydrogens is 440 g/mol. The number of nitriles is 1. The highest BCUT2D eigenvalue weighted by atomic mass is 16.5. The van der Waals surface area contributed by atoms with Crippen LogP contribution in [0.1, 0.15) is 68.3 Å². The van der Waals surface area contributed by atoms with Crippen LogP contribution >= 0.6 is 0 Å². The summed E-state index contributed by atoms with van der Waals surface area (Å²) in [5, 5.41) is 15.3. The Hall–Kier alpha value is -3.40. The second-order valence-corrected chi connectivity index (χ2v) is 9.62. The van der Waals surface area contributed by atoms with E-state index in [1.807, 2.05) is 26.0 Å². The molecule has 3 rings (SSSR count). The lowest BCUT2D eigenvalue weighted by atomic mass is 9.83. The zero-order chi connectivity index (χ0) is 25.0. The molecule has 0 unspecified atom stereocenters. The second kappa shape index (κ2) is 13.5. The van der Waals surface area contributed by atoms with E-state index in [2.05, 4.69) is 21.7 Å². The van der Waals surface area contributed by atoms with Crippen molar-refractivity contribution in [1.82, 2.24) is 15.6 Å². The minimum Gasteiger partial charge on any atom is -0.494 e. The lowest BCUT2D eigenvalue weighted by Gasteiger charge is -2.32. The average molecular weight is 477 g/mol. The number of ether oxygens (including phenoxy) is 1. The zero-order valence-corrected chi connectivity index (χ0v) is 20.7. The topological polar surface area (TPSA) is 104 Å². The van der Waals surface area contributed by atoms with E-state index in [0.717, 1.165) is 37.9 Å². The Morgan fingerprint density at radius 2 is 1.83 bits per heavy atom. The summed E-state index contributed by atoms with van der Waals surface area (Å²) in [4.78, 5) is 29.8. The van der Waals surface area contributed by atoms with E-state index in [0.29, 0.717) is 30.9 Å². The van der Waals surface area contributed by atoms with Gasteiger partial charge in [0, 0.05) is 24.0 Å². The Labute approximate surface area is 208 Å². The average Bonchev–Trinajstić information content (AvgIpc) is 2.87. The predicted octanol–water partition coefficient (Wildman–Crippen LogP) is 4.44. The summed E-state index contributed by atoms with van der Waals surface area (Å²) in [5.41, 5.74) is 1.77. The van der Waals surface area contributed by atoms with Gasteiger partial charge in [0.25, 0.3) is 5.91 Å². The Morgan fingerprint density at radius 1 is 1.11 bits per heavy atom. The molecule has 1 fully saturated rings. The van der Waals surface area contributed by atoms with E-state index in [-0.39, 0.29) is 23.8 Å². The first-order valence-electron chi connectivity index (χ1n) is 12.6. The van der Waals surface area contributed by atoms with Crippen molar-refractivity contribution in [3.05, 3.63) is 59.9 Å². The van der Waals surface area contributed by atoms with Gasteiger partial charge >= 0.3 is 0 Å². The molecule has 2 amide bonds. The van der Waals surface area contributed by atoms with Crippen molar-refractivity contribution in [3.63, 3.8) is 0 Å². The van der Waals surface area contributed by atoms with Gasteiger partial charge in [-0.15, -0.1) is 0 Å². The van der Waals surface area contributed by atoms with Crippen LogP contribution in [0.25, 0.3) is 0 Å². The first-order valence-corrected chi connectivity index (χ1v) is 12.6. The fourth-order valence-electron chi connectivity index (χ4n) is 4.48. The monoisotopic (exact) mass is 476 g/mol. The Bertz CT molecular complexity index is 986. The maximum atomic E-state index is 12.9. The Balaban J connectivity index is 1.49. The molecule has 7 heteroatoms. The highest BCUT2D eigenvalue weighted by Crippen LogP contribution is 2.26. The van der Waals surface area contributed by atoms with Crippen LogP contribution in [0.2, 0.25) is 0 Å². The van der Waals surface area contributed by atoms with Crippen molar-refractivity contribution in [2.24, 2.45) is 11.8 Å². The standard InChI is InChI=1S/C28H36N4O3/c1-20(2)18-23(19-29)31-28(34)25-7-3-4-8-26(25)32-27(33)22-9-11-24(12-10-22)35-17-5-6-21-13-15-30-16-14-21/h9-16,20,23,25-26H,3-8,17-18H2,1-2H3,(H,31,34)(H,32,33)/t23-,25+,26-/m0/s1. The van der Waals surface area contributed by atoms with E-state index >= 15 is 0 Å². The number of amides is 2. The third-order valence-corrected chi connectivity index (χ3v) is 6.34. The van der Waals surface area contributed by atoms with Crippen LogP contribution in [0.4, 0.5) is 0 Å². The van der Waals surface area contributed by atoms with E-state index in [4.69, 9.17) is 4.74 Å². The smallest absolute Gasteiger partial charge is 0.251 e. The maximum Gasteiger partial charge on any atom is 0.251 e. The number of benzene rings is 1. The van der Waals surface area contributed by atoms with Crippen LogP contribution in [0, 0.1) is 23.2 Å². The molecule has 0 spiro atoms. The van der Waals surface area contributed by atoms with Crippen molar-refractivity contribution in [1.29, 1.82) is 5.26 Å². The van der Waals surface area contributed by atoms with Crippen LogP contribution in [-0.2, 0) is 11.2 Å². The van der Waals surface area contributed by atoms with Crippen LogP contribution in [0.3, 0.4) is 0 Å². The number of aryl methyl sites for hydroxylation is 1. The molecule has 0 saturated heterocycles. The Morgan fingerprint density at radius 3 is 2.51 bits per heavy atom. The molecule has 0 radical (unpaired) electrons. The van der Waals surface area contributed by atoms with Crippen molar-refractivity contribution in [2.45, 2.75) is 70.9 Å². The van der Waals surface area contributed by atoms with Crippen LogP contribution in [-0.4, -0.2) is 35.5 Å². The summed E-state index contributed by atoms with van der Waals surface area (Å²) >= 11 is 0. The van der Waals surface area contributed by atoms with Gasteiger partial charge in [0.1, 0.15) is 11.8 Å². The number of hydrogen-bond donors (Lipinski definition) is 2. The minimum atomic E-state index is -0.502. The lowest BCUT2D eigenvalue weighted by molar-refractivity contribution is -0.127. The molecule has 0 bridgehead atoms. The van der Waals surface area contributed by atoms with Gasteiger partial charge in [-0.25, -0.2) is 0 Å². The van der Waals surface area contributed by atoms with Gasteiger partial charge in [0.05, 0.1) is 18.6 Å². The van der Waals surface area contributed by atoms with Crippen molar-refractivity contribution < 1.29 is 14.3 Å². The van der Waals surface area contributed by atoms with Crippen molar-refractivity contribution >= 4 is 11.8 Å². The summed E-state index contributed by atoms with van der Waals surface area (Å²) in [6.07, 6.45) is 9.38. The third-order valence-electron chi connectivity index (χ3n) is 6.34. The molecule has 2 aromatic rings. The van der Waals surface area contributed by atoms with Gasteiger partial charge in [0.2, 0.25) is 5.91 Å². The SMILES string of the molecule is CC(C)C[C@@H](C#N)NC(=O)[C@@H]1CCCC[C@@H]1NC(=O)c1ccc(OCCCc2ccncc2)cc1. The number of carbonyl (C=O) groups is 2. The molecule has 35 heavy (non-hydrogen) atoms. The fraction of sp³-hybridized carbons (Fsp3) is 0.500. The van der Waals surface area contributed by atoms with Gasteiger partial charge in [-0.1, -0.05) is 26.7 Å². The van der Waals surface area contributed by atoms with Gasteiger partial charge in [0.15, 0.2) is 0 Å². The number of hydrogen-bond acceptors (Lipinski definition) is 5. The first-order chi connectivity index (χ1) is 17.0.